The topological polar surface area (TPSA) is 46.5 Å². The van der Waals surface area contributed by atoms with E-state index in [2.05, 4.69) is 58.9 Å². The molecule has 27 heavy (non-hydrogen) atoms. The molecule has 148 valence electrons. The highest BCUT2D eigenvalue weighted by molar-refractivity contribution is 5.81. The van der Waals surface area contributed by atoms with Crippen molar-refractivity contribution in [2.24, 2.45) is 11.8 Å². The molecule has 1 aliphatic carbocycles. The normalized spacial score (nSPS) is 25.6. The van der Waals surface area contributed by atoms with Crippen molar-refractivity contribution in [3.8, 4) is 0 Å². The van der Waals surface area contributed by atoms with E-state index in [-0.39, 0.29) is 5.41 Å². The third-order valence-electron chi connectivity index (χ3n) is 5.98. The predicted molar refractivity (Wildman–Crippen MR) is 111 cm³/mol. The monoisotopic (exact) mass is 370 g/mol. The highest BCUT2D eigenvalue weighted by atomic mass is 16.5. The molecule has 0 heterocycles. The molecule has 0 unspecified atom stereocenters. The van der Waals surface area contributed by atoms with Gasteiger partial charge in [0.25, 0.3) is 0 Å². The van der Waals surface area contributed by atoms with Crippen LogP contribution in [0.2, 0.25) is 0 Å². The summed E-state index contributed by atoms with van der Waals surface area (Å²) in [5.74, 6) is 0.812. The maximum Gasteiger partial charge on any atom is 0.328 e. The van der Waals surface area contributed by atoms with Crippen LogP contribution in [0.5, 0.6) is 0 Å². The smallest absolute Gasteiger partial charge is 0.328 e. The van der Waals surface area contributed by atoms with E-state index in [4.69, 9.17) is 9.84 Å². The Hall–Kier alpha value is -1.87. The summed E-state index contributed by atoms with van der Waals surface area (Å²) in [5.41, 5.74) is 4.90. The van der Waals surface area contributed by atoms with Gasteiger partial charge in [0.2, 0.25) is 0 Å². The molecule has 1 N–H and O–H groups in total. The van der Waals surface area contributed by atoms with Gasteiger partial charge in [-0.1, -0.05) is 65.0 Å². The van der Waals surface area contributed by atoms with E-state index in [9.17, 15) is 4.79 Å². The van der Waals surface area contributed by atoms with Crippen LogP contribution in [0.15, 0.2) is 42.0 Å². The molecule has 2 rings (SSSR count). The standard InChI is InChI=1S/C24H34O3/c1-15(2)18-11-19(16(3)4)13-20(12-18)24(6)21(22(24)14-27-7)9-8-17(5)10-23(25)26/h8-13,15-16,21-22H,14H2,1-7H3,(H,25,26)/t21-,22-,24+/m1/s1. The van der Waals surface area contributed by atoms with Crippen LogP contribution >= 0.6 is 0 Å². The molecule has 0 radical (unpaired) electrons. The molecule has 1 fully saturated rings. The minimum atomic E-state index is -0.907. The van der Waals surface area contributed by atoms with Gasteiger partial charge in [0.15, 0.2) is 0 Å². The van der Waals surface area contributed by atoms with Gasteiger partial charge >= 0.3 is 5.97 Å². The zero-order valence-electron chi connectivity index (χ0n) is 17.7. The fourth-order valence-corrected chi connectivity index (χ4v) is 3.99. The summed E-state index contributed by atoms with van der Waals surface area (Å²) in [4.78, 5) is 10.9. The molecule has 3 nitrogen and oxygen atoms in total. The van der Waals surface area contributed by atoms with Gasteiger partial charge in [0.1, 0.15) is 0 Å². The first-order chi connectivity index (χ1) is 12.6. The van der Waals surface area contributed by atoms with Crippen LogP contribution in [0.25, 0.3) is 0 Å². The predicted octanol–water partition coefficient (Wildman–Crippen LogP) is 5.67. The second-order valence-electron chi connectivity index (χ2n) is 8.65. The second-order valence-corrected chi connectivity index (χ2v) is 8.65. The molecular weight excluding hydrogens is 336 g/mol. The first-order valence-electron chi connectivity index (χ1n) is 9.85. The average Bonchev–Trinajstić information content (AvgIpc) is 3.16. The van der Waals surface area contributed by atoms with Gasteiger partial charge in [-0.3, -0.25) is 0 Å². The first kappa shape index (κ1) is 21.4. The van der Waals surface area contributed by atoms with Crippen LogP contribution in [0, 0.1) is 11.8 Å². The summed E-state index contributed by atoms with van der Waals surface area (Å²) in [6.45, 7) is 13.8. The summed E-state index contributed by atoms with van der Waals surface area (Å²) in [7, 11) is 1.75. The van der Waals surface area contributed by atoms with E-state index in [1.54, 1.807) is 7.11 Å². The van der Waals surface area contributed by atoms with Gasteiger partial charge in [-0.2, -0.15) is 0 Å². The highest BCUT2D eigenvalue weighted by Crippen LogP contribution is 2.61. The Morgan fingerprint density at radius 1 is 1.19 bits per heavy atom. The van der Waals surface area contributed by atoms with Crippen LogP contribution in [0.3, 0.4) is 0 Å². The van der Waals surface area contributed by atoms with Crippen molar-refractivity contribution in [3.05, 3.63) is 58.7 Å². The number of allylic oxidation sites excluding steroid dienone is 3. The second kappa shape index (κ2) is 8.43. The molecule has 1 saturated carbocycles. The van der Waals surface area contributed by atoms with Crippen LogP contribution in [-0.4, -0.2) is 24.8 Å². The molecule has 0 spiro atoms. The molecule has 1 aliphatic rings. The van der Waals surface area contributed by atoms with Gasteiger partial charge in [0, 0.05) is 18.6 Å². The Labute approximate surface area is 164 Å². The molecule has 0 amide bonds. The third kappa shape index (κ3) is 4.70. The molecule has 0 aromatic heterocycles. The van der Waals surface area contributed by atoms with E-state index in [1.807, 2.05) is 13.0 Å². The Balaban J connectivity index is 2.42. The van der Waals surface area contributed by atoms with Gasteiger partial charge in [0.05, 0.1) is 6.61 Å². The lowest BCUT2D eigenvalue weighted by atomic mass is 9.86. The Morgan fingerprint density at radius 3 is 2.19 bits per heavy atom. The summed E-state index contributed by atoms with van der Waals surface area (Å²) in [6.07, 6.45) is 5.34. The van der Waals surface area contributed by atoms with Gasteiger partial charge in [-0.05, 0) is 52.9 Å². The number of aliphatic carboxylic acids is 1. The third-order valence-corrected chi connectivity index (χ3v) is 5.98. The summed E-state index contributed by atoms with van der Waals surface area (Å²) >= 11 is 0. The highest BCUT2D eigenvalue weighted by Gasteiger charge is 2.60. The summed E-state index contributed by atoms with van der Waals surface area (Å²) in [6, 6.07) is 7.04. The molecule has 0 aliphatic heterocycles. The minimum Gasteiger partial charge on any atom is -0.478 e. The van der Waals surface area contributed by atoms with Gasteiger partial charge < -0.3 is 9.84 Å². The van der Waals surface area contributed by atoms with Crippen molar-refractivity contribution in [2.45, 2.75) is 58.8 Å². The molecule has 1 aromatic rings. The number of hydrogen-bond donors (Lipinski definition) is 1. The molecule has 3 heteroatoms. The van der Waals surface area contributed by atoms with E-state index in [0.717, 1.165) is 5.57 Å². The lowest BCUT2D eigenvalue weighted by molar-refractivity contribution is -0.131. The first-order valence-corrected chi connectivity index (χ1v) is 9.85. The fourth-order valence-electron chi connectivity index (χ4n) is 3.99. The fraction of sp³-hybridized carbons (Fsp3) is 0.542. The largest absolute Gasteiger partial charge is 0.478 e. The van der Waals surface area contributed by atoms with Crippen LogP contribution in [0.4, 0.5) is 0 Å². The van der Waals surface area contributed by atoms with Crippen molar-refractivity contribution in [3.63, 3.8) is 0 Å². The van der Waals surface area contributed by atoms with Crippen LogP contribution in [-0.2, 0) is 14.9 Å². The number of carboxylic acid groups (broad SMARTS) is 1. The van der Waals surface area contributed by atoms with E-state index in [1.165, 1.54) is 22.8 Å². The maximum absolute atomic E-state index is 10.9. The summed E-state index contributed by atoms with van der Waals surface area (Å²) in [5, 5.41) is 8.92. The Bertz CT molecular complexity index is 716. The lowest BCUT2D eigenvalue weighted by Gasteiger charge is -2.19. The molecule has 0 saturated heterocycles. The number of carboxylic acids is 1. The number of benzene rings is 1. The quantitative estimate of drug-likeness (QED) is 0.474. The van der Waals surface area contributed by atoms with Gasteiger partial charge in [-0.15, -0.1) is 0 Å². The molecule has 3 atom stereocenters. The zero-order chi connectivity index (χ0) is 20.4. The molecule has 1 aromatic carbocycles. The number of methoxy groups -OCH3 is 1. The number of ether oxygens (including phenoxy) is 1. The van der Waals surface area contributed by atoms with Crippen molar-refractivity contribution in [1.82, 2.24) is 0 Å². The van der Waals surface area contributed by atoms with Crippen molar-refractivity contribution in [2.75, 3.05) is 13.7 Å². The number of hydrogen-bond acceptors (Lipinski definition) is 2. The Kier molecular flexibility index (Phi) is 6.69. The van der Waals surface area contributed by atoms with E-state index >= 15 is 0 Å². The lowest BCUT2D eigenvalue weighted by Crippen LogP contribution is -2.10. The maximum atomic E-state index is 10.9. The minimum absolute atomic E-state index is 0.0184. The van der Waals surface area contributed by atoms with Crippen molar-refractivity contribution in [1.29, 1.82) is 0 Å². The van der Waals surface area contributed by atoms with E-state index in [0.29, 0.717) is 30.3 Å². The number of rotatable bonds is 8. The van der Waals surface area contributed by atoms with Crippen molar-refractivity contribution >= 4 is 5.97 Å². The van der Waals surface area contributed by atoms with Crippen LogP contribution < -0.4 is 0 Å². The Morgan fingerprint density at radius 2 is 1.74 bits per heavy atom. The average molecular weight is 371 g/mol. The van der Waals surface area contributed by atoms with Crippen molar-refractivity contribution < 1.29 is 14.6 Å². The SMILES string of the molecule is COC[C@@H]1[C@@H](C=CC(C)=CC(=O)O)[C@]1(C)c1cc(C(C)C)cc(C(C)C)c1. The zero-order valence-corrected chi connectivity index (χ0v) is 17.7. The van der Waals surface area contributed by atoms with Crippen LogP contribution in [0.1, 0.15) is 70.1 Å². The van der Waals surface area contributed by atoms with E-state index < -0.39 is 5.97 Å². The summed E-state index contributed by atoms with van der Waals surface area (Å²) < 4.78 is 5.50. The molecular formula is C24H34O3. The number of carbonyl (C=O) groups is 1. The molecule has 0 bridgehead atoms. The van der Waals surface area contributed by atoms with Gasteiger partial charge in [-0.25, -0.2) is 4.79 Å².